The zero-order valence-corrected chi connectivity index (χ0v) is 7.85. The lowest BCUT2D eigenvalue weighted by atomic mass is 10.2. The first-order chi connectivity index (χ1) is 6.58. The molecule has 2 rings (SSSR count). The monoisotopic (exact) mass is 191 g/mol. The van der Waals surface area contributed by atoms with Crippen molar-refractivity contribution in [2.24, 2.45) is 0 Å². The number of aromatic nitrogens is 4. The fourth-order valence-corrected chi connectivity index (χ4v) is 1.27. The summed E-state index contributed by atoms with van der Waals surface area (Å²) in [6, 6.07) is 0. The molecule has 0 aliphatic heterocycles. The Morgan fingerprint density at radius 3 is 2.86 bits per heavy atom. The van der Waals surface area contributed by atoms with E-state index in [2.05, 4.69) is 15.1 Å². The van der Waals surface area contributed by atoms with Gasteiger partial charge in [0, 0.05) is 6.20 Å². The molecule has 6 nitrogen and oxygen atoms in total. The van der Waals surface area contributed by atoms with Crippen LogP contribution in [0.2, 0.25) is 0 Å². The molecule has 0 spiro atoms. The molecule has 0 unspecified atom stereocenters. The number of carbonyl (C=O) groups is 1. The van der Waals surface area contributed by atoms with Crippen molar-refractivity contribution < 1.29 is 4.79 Å². The van der Waals surface area contributed by atoms with Crippen molar-refractivity contribution in [3.05, 3.63) is 17.5 Å². The van der Waals surface area contributed by atoms with Crippen molar-refractivity contribution in [3.8, 4) is 0 Å². The molecule has 0 saturated heterocycles. The van der Waals surface area contributed by atoms with Crippen molar-refractivity contribution in [2.45, 2.75) is 13.8 Å². The Balaban J connectivity index is 2.76. The summed E-state index contributed by atoms with van der Waals surface area (Å²) >= 11 is 0. The fourth-order valence-electron chi connectivity index (χ4n) is 1.27. The van der Waals surface area contributed by atoms with Gasteiger partial charge in [-0.1, -0.05) is 0 Å². The highest BCUT2D eigenvalue weighted by atomic mass is 16.1. The minimum absolute atomic E-state index is 0.0500. The number of rotatable bonds is 1. The molecule has 2 N–H and O–H groups in total. The van der Waals surface area contributed by atoms with Crippen molar-refractivity contribution in [1.82, 2.24) is 19.6 Å². The normalized spacial score (nSPS) is 10.7. The van der Waals surface area contributed by atoms with Crippen molar-refractivity contribution in [2.75, 3.05) is 5.73 Å². The number of ketones is 1. The van der Waals surface area contributed by atoms with Crippen molar-refractivity contribution in [1.29, 1.82) is 0 Å². The minimum atomic E-state index is -0.0500. The zero-order chi connectivity index (χ0) is 10.3. The molecule has 0 amide bonds. The second-order valence-electron chi connectivity index (χ2n) is 3.01. The fraction of sp³-hybridized carbons (Fsp3) is 0.250. The molecule has 0 aliphatic rings. The summed E-state index contributed by atoms with van der Waals surface area (Å²) in [5, 5.41) is 3.87. The quantitative estimate of drug-likeness (QED) is 0.651. The van der Waals surface area contributed by atoms with Crippen molar-refractivity contribution >= 4 is 17.5 Å². The number of carbonyl (C=O) groups excluding carboxylic acids is 1. The van der Waals surface area contributed by atoms with Gasteiger partial charge in [-0.15, -0.1) is 5.10 Å². The van der Waals surface area contributed by atoms with Gasteiger partial charge < -0.3 is 5.73 Å². The Hall–Kier alpha value is -1.98. The largest absolute Gasteiger partial charge is 0.366 e. The van der Waals surface area contributed by atoms with Crippen LogP contribution in [0.15, 0.2) is 6.20 Å². The molecule has 0 radical (unpaired) electrons. The molecule has 0 aromatic carbocycles. The Morgan fingerprint density at radius 1 is 1.50 bits per heavy atom. The molecule has 14 heavy (non-hydrogen) atoms. The van der Waals surface area contributed by atoms with Crippen LogP contribution in [-0.2, 0) is 0 Å². The van der Waals surface area contributed by atoms with Gasteiger partial charge in [0.25, 0.3) is 5.78 Å². The van der Waals surface area contributed by atoms with Gasteiger partial charge in [0.2, 0.25) is 5.95 Å². The number of nitrogens with two attached hydrogens (primary N) is 1. The standard InChI is InChI=1S/C8H9N5O/c1-4-6(5(2)14)3-13-8(10-4)11-7(9)12-13/h3H,1-2H3,(H2,9,12). The molecule has 72 valence electrons. The average Bonchev–Trinajstić information content (AvgIpc) is 2.42. The number of nitrogen functional groups attached to an aromatic ring is 1. The van der Waals surface area contributed by atoms with E-state index in [1.165, 1.54) is 11.4 Å². The Morgan fingerprint density at radius 2 is 2.21 bits per heavy atom. The van der Waals surface area contributed by atoms with Gasteiger partial charge in [0.05, 0.1) is 11.3 Å². The molecular weight excluding hydrogens is 182 g/mol. The van der Waals surface area contributed by atoms with E-state index in [0.717, 1.165) is 0 Å². The van der Waals surface area contributed by atoms with Gasteiger partial charge in [-0.2, -0.15) is 4.98 Å². The number of nitrogens with zero attached hydrogens (tertiary/aromatic N) is 4. The third-order valence-electron chi connectivity index (χ3n) is 1.92. The summed E-state index contributed by atoms with van der Waals surface area (Å²) in [5.74, 6) is 0.508. The van der Waals surface area contributed by atoms with Crippen LogP contribution >= 0.6 is 0 Å². The minimum Gasteiger partial charge on any atom is -0.366 e. The highest BCUT2D eigenvalue weighted by Gasteiger charge is 2.09. The third-order valence-corrected chi connectivity index (χ3v) is 1.92. The summed E-state index contributed by atoms with van der Waals surface area (Å²) < 4.78 is 1.40. The summed E-state index contributed by atoms with van der Waals surface area (Å²) in [7, 11) is 0. The summed E-state index contributed by atoms with van der Waals surface area (Å²) in [5.41, 5.74) is 6.57. The first kappa shape index (κ1) is 8.61. The SMILES string of the molecule is CC(=O)c1cn2nc(N)nc2nc1C. The first-order valence-electron chi connectivity index (χ1n) is 4.08. The molecule has 6 heteroatoms. The summed E-state index contributed by atoms with van der Waals surface area (Å²) in [6.45, 7) is 3.23. The van der Waals surface area contributed by atoms with Crippen LogP contribution in [0, 0.1) is 6.92 Å². The lowest BCUT2D eigenvalue weighted by molar-refractivity contribution is 0.101. The van der Waals surface area contributed by atoms with Gasteiger partial charge in [0.15, 0.2) is 5.78 Å². The molecule has 0 bridgehead atoms. The first-order valence-corrected chi connectivity index (χ1v) is 4.08. The molecule has 0 fully saturated rings. The number of hydrogen-bond acceptors (Lipinski definition) is 5. The van der Waals surface area contributed by atoms with E-state index in [1.54, 1.807) is 13.1 Å². The highest BCUT2D eigenvalue weighted by molar-refractivity contribution is 5.94. The van der Waals surface area contributed by atoms with Crippen LogP contribution in [0.1, 0.15) is 23.0 Å². The van der Waals surface area contributed by atoms with Crippen LogP contribution < -0.4 is 5.73 Å². The molecule has 2 aromatic rings. The maximum absolute atomic E-state index is 11.2. The second kappa shape index (κ2) is 2.76. The number of hydrogen-bond donors (Lipinski definition) is 1. The number of aryl methyl sites for hydroxylation is 1. The van der Waals surface area contributed by atoms with Crippen LogP contribution in [0.5, 0.6) is 0 Å². The third kappa shape index (κ3) is 1.20. The van der Waals surface area contributed by atoms with E-state index >= 15 is 0 Å². The predicted molar refractivity (Wildman–Crippen MR) is 49.9 cm³/mol. The molecule has 0 atom stereocenters. The lowest BCUT2D eigenvalue weighted by Gasteiger charge is -1.99. The van der Waals surface area contributed by atoms with Crippen LogP contribution in [0.4, 0.5) is 5.95 Å². The molecular formula is C8H9N5O. The molecule has 2 heterocycles. The maximum atomic E-state index is 11.2. The summed E-state index contributed by atoms with van der Waals surface area (Å²) in [4.78, 5) is 19.2. The summed E-state index contributed by atoms with van der Waals surface area (Å²) in [6.07, 6.45) is 1.59. The number of fused-ring (bicyclic) bond motifs is 1. The number of Topliss-reactive ketones (excluding diaryl/α,β-unsaturated/α-hetero) is 1. The van der Waals surface area contributed by atoms with Crippen molar-refractivity contribution in [3.63, 3.8) is 0 Å². The molecule has 0 saturated carbocycles. The van der Waals surface area contributed by atoms with Gasteiger partial charge >= 0.3 is 0 Å². The van der Waals surface area contributed by atoms with E-state index in [1.807, 2.05) is 0 Å². The van der Waals surface area contributed by atoms with Gasteiger partial charge in [-0.05, 0) is 13.8 Å². The van der Waals surface area contributed by atoms with Gasteiger partial charge in [-0.3, -0.25) is 4.79 Å². The molecule has 2 aromatic heterocycles. The average molecular weight is 191 g/mol. The molecule has 0 aliphatic carbocycles. The smallest absolute Gasteiger partial charge is 0.254 e. The van der Waals surface area contributed by atoms with E-state index in [-0.39, 0.29) is 11.7 Å². The Bertz CT molecular complexity index is 516. The van der Waals surface area contributed by atoms with E-state index < -0.39 is 0 Å². The Kier molecular flexibility index (Phi) is 1.70. The highest BCUT2D eigenvalue weighted by Crippen LogP contribution is 2.08. The van der Waals surface area contributed by atoms with Gasteiger partial charge in [-0.25, -0.2) is 9.50 Å². The maximum Gasteiger partial charge on any atom is 0.254 e. The van der Waals surface area contributed by atoms with E-state index in [9.17, 15) is 4.79 Å². The van der Waals surface area contributed by atoms with E-state index in [4.69, 9.17) is 5.73 Å². The van der Waals surface area contributed by atoms with E-state index in [0.29, 0.717) is 17.0 Å². The van der Waals surface area contributed by atoms with Crippen LogP contribution in [0.25, 0.3) is 5.78 Å². The second-order valence-corrected chi connectivity index (χ2v) is 3.01. The Labute approximate surface area is 79.8 Å². The lowest BCUT2D eigenvalue weighted by Crippen LogP contribution is -2.03. The van der Waals surface area contributed by atoms with Crippen LogP contribution in [0.3, 0.4) is 0 Å². The number of anilines is 1. The predicted octanol–water partition coefficient (Wildman–Crippen LogP) is 0.218. The zero-order valence-electron chi connectivity index (χ0n) is 7.85. The topological polar surface area (TPSA) is 86.2 Å². The van der Waals surface area contributed by atoms with Gasteiger partial charge in [0.1, 0.15) is 0 Å². The van der Waals surface area contributed by atoms with Crippen LogP contribution in [-0.4, -0.2) is 25.4 Å².